The van der Waals surface area contributed by atoms with Crippen LogP contribution in [0.5, 0.6) is 0 Å². The number of nitrogen functional groups attached to an aromatic ring is 1. The van der Waals surface area contributed by atoms with E-state index in [1.54, 1.807) is 18.2 Å². The molecule has 0 saturated heterocycles. The van der Waals surface area contributed by atoms with Gasteiger partial charge in [-0.2, -0.15) is 0 Å². The predicted molar refractivity (Wildman–Crippen MR) is 90.8 cm³/mol. The lowest BCUT2D eigenvalue weighted by Gasteiger charge is -2.16. The lowest BCUT2D eigenvalue weighted by molar-refractivity contribution is -0.116. The van der Waals surface area contributed by atoms with Crippen LogP contribution >= 0.6 is 11.6 Å². The minimum atomic E-state index is -0.0223. The van der Waals surface area contributed by atoms with Gasteiger partial charge in [-0.25, -0.2) is 0 Å². The number of benzene rings is 1. The molecule has 0 atom stereocenters. The maximum atomic E-state index is 11.9. The first-order valence-corrected chi connectivity index (χ1v) is 7.94. The van der Waals surface area contributed by atoms with Gasteiger partial charge in [0.05, 0.1) is 11.4 Å². The molecule has 3 N–H and O–H groups in total. The molecule has 0 spiro atoms. The van der Waals surface area contributed by atoms with Crippen LogP contribution in [0.4, 0.5) is 11.4 Å². The lowest BCUT2D eigenvalue weighted by atomic mass is 10.2. The van der Waals surface area contributed by atoms with Crippen LogP contribution in [-0.4, -0.2) is 30.9 Å². The maximum Gasteiger partial charge on any atom is 0.224 e. The molecule has 0 radical (unpaired) electrons. The van der Waals surface area contributed by atoms with Gasteiger partial charge in [0.15, 0.2) is 0 Å². The molecule has 21 heavy (non-hydrogen) atoms. The fourth-order valence-corrected chi connectivity index (χ4v) is 2.27. The third-order valence-corrected chi connectivity index (χ3v) is 3.61. The van der Waals surface area contributed by atoms with Crippen molar-refractivity contribution in [3.05, 3.63) is 23.2 Å². The Bertz CT molecular complexity index is 451. The summed E-state index contributed by atoms with van der Waals surface area (Å²) in [6.45, 7) is 4.23. The predicted octanol–water partition coefficient (Wildman–Crippen LogP) is 3.76. The van der Waals surface area contributed by atoms with Gasteiger partial charge in [0.2, 0.25) is 5.91 Å². The topological polar surface area (TPSA) is 58.4 Å². The summed E-state index contributed by atoms with van der Waals surface area (Å²) in [5, 5.41) is 3.38. The van der Waals surface area contributed by atoms with Crippen molar-refractivity contribution >= 4 is 28.9 Å². The van der Waals surface area contributed by atoms with Crippen LogP contribution in [0.1, 0.15) is 39.0 Å². The highest BCUT2D eigenvalue weighted by molar-refractivity contribution is 6.31. The molecule has 0 saturated carbocycles. The zero-order chi connectivity index (χ0) is 15.7. The highest BCUT2D eigenvalue weighted by Gasteiger charge is 2.07. The van der Waals surface area contributed by atoms with E-state index in [-0.39, 0.29) is 5.91 Å². The monoisotopic (exact) mass is 311 g/mol. The zero-order valence-corrected chi connectivity index (χ0v) is 13.7. The van der Waals surface area contributed by atoms with Crippen LogP contribution in [0.25, 0.3) is 0 Å². The minimum absolute atomic E-state index is 0.0223. The number of hydrogen-bond donors (Lipinski definition) is 2. The van der Waals surface area contributed by atoms with Gasteiger partial charge in [-0.1, -0.05) is 31.4 Å². The lowest BCUT2D eigenvalue weighted by Crippen LogP contribution is -2.22. The molecule has 0 fully saturated rings. The van der Waals surface area contributed by atoms with Gasteiger partial charge in [0, 0.05) is 11.4 Å². The molecule has 0 unspecified atom stereocenters. The molecular weight excluding hydrogens is 286 g/mol. The Balaban J connectivity index is 2.26. The first kappa shape index (κ1) is 17.8. The second-order valence-electron chi connectivity index (χ2n) is 5.39. The van der Waals surface area contributed by atoms with E-state index in [0.29, 0.717) is 22.8 Å². The highest BCUT2D eigenvalue weighted by Crippen LogP contribution is 2.23. The number of amides is 1. The van der Waals surface area contributed by atoms with E-state index in [1.165, 1.54) is 19.3 Å². The number of nitrogens with one attached hydrogen (secondary N) is 1. The average Bonchev–Trinajstić information content (AvgIpc) is 2.43. The molecular formula is C16H26ClN3O. The van der Waals surface area contributed by atoms with Crippen molar-refractivity contribution in [2.24, 2.45) is 0 Å². The molecule has 0 bridgehead atoms. The Morgan fingerprint density at radius 2 is 2.00 bits per heavy atom. The van der Waals surface area contributed by atoms with Gasteiger partial charge in [-0.3, -0.25) is 4.79 Å². The molecule has 0 heterocycles. The normalized spacial score (nSPS) is 10.9. The Morgan fingerprint density at radius 3 is 2.71 bits per heavy atom. The zero-order valence-electron chi connectivity index (χ0n) is 13.0. The van der Waals surface area contributed by atoms with Crippen molar-refractivity contribution in [3.63, 3.8) is 0 Å². The average molecular weight is 312 g/mol. The van der Waals surface area contributed by atoms with E-state index in [2.05, 4.69) is 24.2 Å². The van der Waals surface area contributed by atoms with Crippen LogP contribution < -0.4 is 11.1 Å². The van der Waals surface area contributed by atoms with Crippen LogP contribution in [0.3, 0.4) is 0 Å². The van der Waals surface area contributed by atoms with Crippen molar-refractivity contribution in [2.45, 2.75) is 39.0 Å². The maximum absolute atomic E-state index is 11.9. The molecule has 5 heteroatoms. The molecule has 0 aliphatic rings. The quantitative estimate of drug-likeness (QED) is 0.539. The largest absolute Gasteiger partial charge is 0.397 e. The summed E-state index contributed by atoms with van der Waals surface area (Å²) in [5.74, 6) is -0.0223. The van der Waals surface area contributed by atoms with Gasteiger partial charge < -0.3 is 16.0 Å². The smallest absolute Gasteiger partial charge is 0.224 e. The SMILES string of the molecule is CCCCCN(C)CCCC(=O)Nc1cc(Cl)ccc1N. The summed E-state index contributed by atoms with van der Waals surface area (Å²) < 4.78 is 0. The Hall–Kier alpha value is -1.26. The summed E-state index contributed by atoms with van der Waals surface area (Å²) in [6, 6.07) is 5.07. The van der Waals surface area contributed by atoms with Crippen LogP contribution in [0, 0.1) is 0 Å². The molecule has 1 amide bonds. The third kappa shape index (κ3) is 7.34. The van der Waals surface area contributed by atoms with Gasteiger partial charge in [-0.05, 0) is 51.2 Å². The number of carbonyl (C=O) groups is 1. The van der Waals surface area contributed by atoms with E-state index in [1.807, 2.05) is 0 Å². The Kier molecular flexibility index (Phi) is 8.16. The molecule has 0 aromatic heterocycles. The van der Waals surface area contributed by atoms with E-state index in [4.69, 9.17) is 17.3 Å². The van der Waals surface area contributed by atoms with E-state index in [9.17, 15) is 4.79 Å². The second kappa shape index (κ2) is 9.64. The summed E-state index contributed by atoms with van der Waals surface area (Å²) in [4.78, 5) is 14.2. The summed E-state index contributed by atoms with van der Waals surface area (Å²) >= 11 is 5.89. The fraction of sp³-hybridized carbons (Fsp3) is 0.562. The molecule has 118 valence electrons. The molecule has 1 rings (SSSR count). The molecule has 1 aromatic rings. The van der Waals surface area contributed by atoms with Crippen LogP contribution in [0.2, 0.25) is 5.02 Å². The van der Waals surface area contributed by atoms with Gasteiger partial charge in [0.25, 0.3) is 0 Å². The van der Waals surface area contributed by atoms with Crippen LogP contribution in [-0.2, 0) is 4.79 Å². The Labute approximate surface area is 132 Å². The van der Waals surface area contributed by atoms with Crippen molar-refractivity contribution in [1.29, 1.82) is 0 Å². The second-order valence-corrected chi connectivity index (χ2v) is 5.83. The first-order chi connectivity index (χ1) is 10.0. The minimum Gasteiger partial charge on any atom is -0.397 e. The summed E-state index contributed by atoms with van der Waals surface area (Å²) in [5.41, 5.74) is 6.92. The van der Waals surface area contributed by atoms with Crippen molar-refractivity contribution in [2.75, 3.05) is 31.2 Å². The summed E-state index contributed by atoms with van der Waals surface area (Å²) in [6.07, 6.45) is 5.05. The number of unbranched alkanes of at least 4 members (excludes halogenated alkanes) is 2. The number of nitrogens with two attached hydrogens (primary N) is 1. The highest BCUT2D eigenvalue weighted by atomic mass is 35.5. The number of carbonyl (C=O) groups excluding carboxylic acids is 1. The number of rotatable bonds is 9. The van der Waals surface area contributed by atoms with Crippen molar-refractivity contribution in [1.82, 2.24) is 4.90 Å². The molecule has 1 aromatic carbocycles. The van der Waals surface area contributed by atoms with Crippen LogP contribution in [0.15, 0.2) is 18.2 Å². The first-order valence-electron chi connectivity index (χ1n) is 7.56. The Morgan fingerprint density at radius 1 is 1.29 bits per heavy atom. The van der Waals surface area contributed by atoms with E-state index < -0.39 is 0 Å². The van der Waals surface area contributed by atoms with Gasteiger partial charge in [0.1, 0.15) is 0 Å². The van der Waals surface area contributed by atoms with Gasteiger partial charge in [-0.15, -0.1) is 0 Å². The summed E-state index contributed by atoms with van der Waals surface area (Å²) in [7, 11) is 2.10. The van der Waals surface area contributed by atoms with Crippen molar-refractivity contribution in [3.8, 4) is 0 Å². The number of hydrogen-bond acceptors (Lipinski definition) is 3. The third-order valence-electron chi connectivity index (χ3n) is 3.38. The molecule has 4 nitrogen and oxygen atoms in total. The van der Waals surface area contributed by atoms with Gasteiger partial charge >= 0.3 is 0 Å². The standard InChI is InChI=1S/C16H26ClN3O/c1-3-4-5-10-20(2)11-6-7-16(21)19-15-12-13(17)8-9-14(15)18/h8-9,12H,3-7,10-11,18H2,1-2H3,(H,19,21). The van der Waals surface area contributed by atoms with E-state index in [0.717, 1.165) is 19.5 Å². The van der Waals surface area contributed by atoms with Crippen molar-refractivity contribution < 1.29 is 4.79 Å². The number of halogens is 1. The number of nitrogens with zero attached hydrogens (tertiary/aromatic N) is 1. The molecule has 0 aliphatic carbocycles. The number of anilines is 2. The fourth-order valence-electron chi connectivity index (χ4n) is 2.10. The molecule has 0 aliphatic heterocycles. The van der Waals surface area contributed by atoms with E-state index >= 15 is 0 Å².